The van der Waals surface area contributed by atoms with Crippen LogP contribution in [0.5, 0.6) is 5.75 Å². The topological polar surface area (TPSA) is 38.7 Å². The maximum atomic E-state index is 10.5. The van der Waals surface area contributed by atoms with Gasteiger partial charge in [0, 0.05) is 12.7 Å². The van der Waals surface area contributed by atoms with E-state index in [0.29, 0.717) is 0 Å². The lowest BCUT2D eigenvalue weighted by Gasteiger charge is -2.33. The second-order valence-electron chi connectivity index (χ2n) is 4.98. The molecule has 0 aliphatic carbocycles. The first kappa shape index (κ1) is 15.0. The summed E-state index contributed by atoms with van der Waals surface area (Å²) >= 11 is 0. The monoisotopic (exact) mass is 252 g/mol. The third kappa shape index (κ3) is 3.24. The zero-order valence-electron chi connectivity index (χ0n) is 11.9. The van der Waals surface area contributed by atoms with E-state index in [-0.39, 0.29) is 6.10 Å². The van der Waals surface area contributed by atoms with Gasteiger partial charge in [0.1, 0.15) is 11.9 Å². The zero-order chi connectivity index (χ0) is 13.8. The van der Waals surface area contributed by atoms with Gasteiger partial charge in [0.05, 0.1) is 11.7 Å². The van der Waals surface area contributed by atoms with Gasteiger partial charge in [-0.05, 0) is 33.3 Å². The molecule has 3 nitrogen and oxygen atoms in total. The number of benzene rings is 1. The van der Waals surface area contributed by atoms with Gasteiger partial charge < -0.3 is 14.6 Å². The van der Waals surface area contributed by atoms with Crippen molar-refractivity contribution in [3.63, 3.8) is 0 Å². The van der Waals surface area contributed by atoms with Crippen molar-refractivity contribution in [3.8, 4) is 5.75 Å². The van der Waals surface area contributed by atoms with Gasteiger partial charge in [-0.3, -0.25) is 0 Å². The van der Waals surface area contributed by atoms with E-state index in [9.17, 15) is 5.11 Å². The standard InChI is InChI=1S/C15H24O3/c1-6-15(4,17-5)14(16)12-9-7-8-10-13(12)18-11(2)3/h7-11,14,16H,6H2,1-5H3. The highest BCUT2D eigenvalue weighted by atomic mass is 16.5. The largest absolute Gasteiger partial charge is 0.491 e. The summed E-state index contributed by atoms with van der Waals surface area (Å²) in [7, 11) is 1.62. The molecule has 0 saturated carbocycles. The van der Waals surface area contributed by atoms with Gasteiger partial charge in [0.15, 0.2) is 0 Å². The smallest absolute Gasteiger partial charge is 0.125 e. The molecule has 0 fully saturated rings. The first-order valence-corrected chi connectivity index (χ1v) is 6.43. The van der Waals surface area contributed by atoms with Gasteiger partial charge >= 0.3 is 0 Å². The summed E-state index contributed by atoms with van der Waals surface area (Å²) in [6.45, 7) is 7.85. The average Bonchev–Trinajstić information content (AvgIpc) is 2.37. The lowest BCUT2D eigenvalue weighted by atomic mass is 9.90. The molecule has 2 unspecified atom stereocenters. The van der Waals surface area contributed by atoms with Crippen molar-refractivity contribution in [2.45, 2.75) is 51.9 Å². The lowest BCUT2D eigenvalue weighted by Crippen LogP contribution is -2.34. The van der Waals surface area contributed by atoms with Crippen LogP contribution >= 0.6 is 0 Å². The third-order valence-electron chi connectivity index (χ3n) is 3.32. The molecule has 0 radical (unpaired) electrons. The number of para-hydroxylation sites is 1. The second-order valence-corrected chi connectivity index (χ2v) is 4.98. The molecular weight excluding hydrogens is 228 g/mol. The summed E-state index contributed by atoms with van der Waals surface area (Å²) in [6.07, 6.45) is 0.0944. The van der Waals surface area contributed by atoms with Gasteiger partial charge in [-0.2, -0.15) is 0 Å². The molecular formula is C15H24O3. The minimum Gasteiger partial charge on any atom is -0.491 e. The molecule has 0 bridgehead atoms. The number of methoxy groups -OCH3 is 1. The average molecular weight is 252 g/mol. The third-order valence-corrected chi connectivity index (χ3v) is 3.32. The Morgan fingerprint density at radius 3 is 2.39 bits per heavy atom. The van der Waals surface area contributed by atoms with E-state index >= 15 is 0 Å². The first-order chi connectivity index (χ1) is 8.44. The van der Waals surface area contributed by atoms with Gasteiger partial charge in [-0.1, -0.05) is 25.1 Å². The summed E-state index contributed by atoms with van der Waals surface area (Å²) in [4.78, 5) is 0. The number of rotatable bonds is 6. The molecule has 0 heterocycles. The van der Waals surface area contributed by atoms with Crippen LogP contribution in [-0.4, -0.2) is 23.9 Å². The molecule has 102 valence electrons. The van der Waals surface area contributed by atoms with Crippen LogP contribution in [0.15, 0.2) is 24.3 Å². The van der Waals surface area contributed by atoms with Gasteiger partial charge in [-0.25, -0.2) is 0 Å². The fourth-order valence-electron chi connectivity index (χ4n) is 1.85. The molecule has 18 heavy (non-hydrogen) atoms. The number of ether oxygens (including phenoxy) is 2. The van der Waals surface area contributed by atoms with Gasteiger partial charge in [0.25, 0.3) is 0 Å². The molecule has 3 heteroatoms. The van der Waals surface area contributed by atoms with Gasteiger partial charge in [-0.15, -0.1) is 0 Å². The Morgan fingerprint density at radius 1 is 1.28 bits per heavy atom. The molecule has 0 aliphatic heterocycles. The molecule has 1 aromatic rings. The Kier molecular flexibility index (Phi) is 5.17. The Bertz CT molecular complexity index is 370. The van der Waals surface area contributed by atoms with Crippen molar-refractivity contribution in [2.75, 3.05) is 7.11 Å². The van der Waals surface area contributed by atoms with E-state index in [1.165, 1.54) is 0 Å². The van der Waals surface area contributed by atoms with Crippen molar-refractivity contribution in [1.29, 1.82) is 0 Å². The normalized spacial score (nSPS) is 16.4. The Hall–Kier alpha value is -1.06. The Balaban J connectivity index is 3.08. The minimum atomic E-state index is -0.706. The van der Waals surface area contributed by atoms with E-state index in [1.54, 1.807) is 7.11 Å². The van der Waals surface area contributed by atoms with Crippen molar-refractivity contribution in [3.05, 3.63) is 29.8 Å². The number of aliphatic hydroxyl groups excluding tert-OH is 1. The highest BCUT2D eigenvalue weighted by molar-refractivity contribution is 5.36. The number of hydrogen-bond acceptors (Lipinski definition) is 3. The summed E-state index contributed by atoms with van der Waals surface area (Å²) < 4.78 is 11.2. The molecule has 0 spiro atoms. The second kappa shape index (κ2) is 6.21. The minimum absolute atomic E-state index is 0.0776. The van der Waals surface area contributed by atoms with Crippen LogP contribution in [0.3, 0.4) is 0 Å². The highest BCUT2D eigenvalue weighted by Gasteiger charge is 2.34. The maximum Gasteiger partial charge on any atom is 0.125 e. The number of hydrogen-bond donors (Lipinski definition) is 1. The molecule has 1 N–H and O–H groups in total. The van der Waals surface area contributed by atoms with E-state index in [0.717, 1.165) is 17.7 Å². The van der Waals surface area contributed by atoms with Crippen molar-refractivity contribution >= 4 is 0 Å². The van der Waals surface area contributed by atoms with Gasteiger partial charge in [0.2, 0.25) is 0 Å². The van der Waals surface area contributed by atoms with Crippen molar-refractivity contribution in [1.82, 2.24) is 0 Å². The van der Waals surface area contributed by atoms with Crippen LogP contribution in [0.4, 0.5) is 0 Å². The zero-order valence-corrected chi connectivity index (χ0v) is 11.9. The molecule has 0 aromatic heterocycles. The highest BCUT2D eigenvalue weighted by Crippen LogP contribution is 2.36. The van der Waals surface area contributed by atoms with Crippen LogP contribution in [0, 0.1) is 0 Å². The molecule has 0 aliphatic rings. The van der Waals surface area contributed by atoms with Crippen LogP contribution in [0.1, 0.15) is 45.8 Å². The summed E-state index contributed by atoms with van der Waals surface area (Å²) in [6, 6.07) is 7.57. The molecule has 0 saturated heterocycles. The molecule has 1 rings (SSSR count). The molecule has 2 atom stereocenters. The summed E-state index contributed by atoms with van der Waals surface area (Å²) in [5.41, 5.74) is 0.175. The fraction of sp³-hybridized carbons (Fsp3) is 0.600. The summed E-state index contributed by atoms with van der Waals surface area (Å²) in [5.74, 6) is 0.719. The van der Waals surface area contributed by atoms with Crippen molar-refractivity contribution in [2.24, 2.45) is 0 Å². The quantitative estimate of drug-likeness (QED) is 0.844. The summed E-state index contributed by atoms with van der Waals surface area (Å²) in [5, 5.41) is 10.5. The van der Waals surface area contributed by atoms with Crippen molar-refractivity contribution < 1.29 is 14.6 Å². The van der Waals surface area contributed by atoms with Crippen LogP contribution < -0.4 is 4.74 Å². The Morgan fingerprint density at radius 2 is 1.89 bits per heavy atom. The lowest BCUT2D eigenvalue weighted by molar-refractivity contribution is -0.0952. The van der Waals surface area contributed by atoms with Crippen LogP contribution in [0.2, 0.25) is 0 Å². The van der Waals surface area contributed by atoms with E-state index in [4.69, 9.17) is 9.47 Å². The SMILES string of the molecule is CCC(C)(OC)C(O)c1ccccc1OC(C)C. The van der Waals surface area contributed by atoms with Crippen LogP contribution in [-0.2, 0) is 4.74 Å². The predicted molar refractivity (Wildman–Crippen MR) is 72.9 cm³/mol. The number of aliphatic hydroxyl groups is 1. The predicted octanol–water partition coefficient (Wildman–Crippen LogP) is 3.32. The van der Waals surface area contributed by atoms with Crippen LogP contribution in [0.25, 0.3) is 0 Å². The van der Waals surface area contributed by atoms with E-state index < -0.39 is 11.7 Å². The molecule has 1 aromatic carbocycles. The molecule has 0 amide bonds. The maximum absolute atomic E-state index is 10.5. The Labute approximate surface area is 110 Å². The van der Waals surface area contributed by atoms with E-state index in [1.807, 2.05) is 52.0 Å². The fourth-order valence-corrected chi connectivity index (χ4v) is 1.85. The first-order valence-electron chi connectivity index (χ1n) is 6.43. The van der Waals surface area contributed by atoms with E-state index in [2.05, 4.69) is 0 Å².